The minimum absolute atomic E-state index is 0.0366. The van der Waals surface area contributed by atoms with E-state index in [1.54, 1.807) is 24.9 Å². The molecule has 0 radical (unpaired) electrons. The van der Waals surface area contributed by atoms with Crippen molar-refractivity contribution in [3.05, 3.63) is 11.8 Å². The monoisotopic (exact) mass is 384 g/mol. The number of ether oxygens (including phenoxy) is 2. The van der Waals surface area contributed by atoms with Gasteiger partial charge in [0.25, 0.3) is 0 Å². The Morgan fingerprint density at radius 1 is 1.38 bits per heavy atom. The second-order valence-corrected chi connectivity index (χ2v) is 9.65. The van der Waals surface area contributed by atoms with Gasteiger partial charge in [-0.2, -0.15) is 0 Å². The summed E-state index contributed by atoms with van der Waals surface area (Å²) in [6.45, 7) is 11.6. The van der Waals surface area contributed by atoms with Crippen molar-refractivity contribution in [3.8, 4) is 0 Å². The molecule has 7 heteroatoms. The van der Waals surface area contributed by atoms with Gasteiger partial charge in [0.2, 0.25) is 5.91 Å². The third-order valence-electron chi connectivity index (χ3n) is 5.32. The van der Waals surface area contributed by atoms with Crippen LogP contribution in [0.25, 0.3) is 0 Å². The van der Waals surface area contributed by atoms with Crippen LogP contribution in [0, 0.1) is 5.92 Å². The topological polar surface area (TPSA) is 73.6 Å². The number of anilines is 1. The SMILES string of the molecule is CO[C@@H](C)C(C)(C)c1cc(NC(=O)C(C)(C)SCC2CCOCC2)no1. The number of hydrogen-bond donors (Lipinski definition) is 1. The van der Waals surface area contributed by atoms with Crippen LogP contribution < -0.4 is 5.32 Å². The van der Waals surface area contributed by atoms with Gasteiger partial charge in [-0.1, -0.05) is 19.0 Å². The number of carbonyl (C=O) groups excluding carboxylic acids is 1. The molecule has 1 aromatic heterocycles. The van der Waals surface area contributed by atoms with Crippen LogP contribution in [0.5, 0.6) is 0 Å². The van der Waals surface area contributed by atoms with Crippen LogP contribution in [-0.4, -0.2) is 48.0 Å². The Labute approximate surface area is 160 Å². The molecule has 1 aliphatic rings. The van der Waals surface area contributed by atoms with Gasteiger partial charge in [0.1, 0.15) is 5.76 Å². The number of rotatable bonds is 8. The maximum absolute atomic E-state index is 12.7. The van der Waals surface area contributed by atoms with Crippen LogP contribution in [0.4, 0.5) is 5.82 Å². The lowest BCUT2D eigenvalue weighted by Gasteiger charge is -2.27. The van der Waals surface area contributed by atoms with Crippen molar-refractivity contribution < 1.29 is 18.8 Å². The van der Waals surface area contributed by atoms with Crippen LogP contribution in [0.15, 0.2) is 10.6 Å². The molecule has 148 valence electrons. The predicted molar refractivity (Wildman–Crippen MR) is 105 cm³/mol. The Kier molecular flexibility index (Phi) is 7.16. The van der Waals surface area contributed by atoms with E-state index >= 15 is 0 Å². The second-order valence-electron chi connectivity index (χ2n) is 8.01. The van der Waals surface area contributed by atoms with E-state index in [2.05, 4.69) is 10.5 Å². The fourth-order valence-electron chi connectivity index (χ4n) is 2.70. The summed E-state index contributed by atoms with van der Waals surface area (Å²) in [4.78, 5) is 12.7. The quantitative estimate of drug-likeness (QED) is 0.733. The molecule has 1 fully saturated rings. The van der Waals surface area contributed by atoms with Crippen molar-refractivity contribution in [2.45, 2.75) is 63.7 Å². The van der Waals surface area contributed by atoms with Crippen LogP contribution in [0.2, 0.25) is 0 Å². The molecular formula is C19H32N2O4S. The van der Waals surface area contributed by atoms with Gasteiger partial charge in [-0.05, 0) is 45.3 Å². The fraction of sp³-hybridized carbons (Fsp3) is 0.789. The Hall–Kier alpha value is -1.05. The summed E-state index contributed by atoms with van der Waals surface area (Å²) >= 11 is 1.69. The van der Waals surface area contributed by atoms with Crippen LogP contribution in [0.1, 0.15) is 53.2 Å². The zero-order chi connectivity index (χ0) is 19.4. The molecule has 2 heterocycles. The molecule has 1 N–H and O–H groups in total. The fourth-order valence-corrected chi connectivity index (χ4v) is 3.87. The minimum Gasteiger partial charge on any atom is -0.381 e. The number of methoxy groups -OCH3 is 1. The first-order valence-electron chi connectivity index (χ1n) is 9.20. The minimum atomic E-state index is -0.535. The van der Waals surface area contributed by atoms with Crippen molar-refractivity contribution in [2.24, 2.45) is 5.92 Å². The molecule has 0 aliphatic carbocycles. The second kappa shape index (κ2) is 8.76. The number of nitrogens with one attached hydrogen (secondary N) is 1. The maximum Gasteiger partial charge on any atom is 0.241 e. The Bertz CT molecular complexity index is 594. The molecule has 0 bridgehead atoms. The van der Waals surface area contributed by atoms with Crippen molar-refractivity contribution >= 4 is 23.5 Å². The zero-order valence-corrected chi connectivity index (χ0v) is 17.6. The normalized spacial score (nSPS) is 17.9. The highest BCUT2D eigenvalue weighted by atomic mass is 32.2. The van der Waals surface area contributed by atoms with Crippen molar-refractivity contribution in [1.82, 2.24) is 5.16 Å². The standard InChI is InChI=1S/C19H32N2O4S/c1-13(23-6)18(2,3)15-11-16(21-25-15)20-17(22)19(4,5)26-12-14-7-9-24-10-8-14/h11,13-14H,7-10,12H2,1-6H3,(H,20,21,22)/t13-/m0/s1. The summed E-state index contributed by atoms with van der Waals surface area (Å²) in [5.74, 6) is 2.66. The van der Waals surface area contributed by atoms with Crippen molar-refractivity contribution in [1.29, 1.82) is 0 Å². The highest BCUT2D eigenvalue weighted by molar-refractivity contribution is 8.01. The lowest BCUT2D eigenvalue weighted by molar-refractivity contribution is -0.117. The Balaban J connectivity index is 1.93. The van der Waals surface area contributed by atoms with E-state index < -0.39 is 4.75 Å². The third-order valence-corrected chi connectivity index (χ3v) is 6.87. The van der Waals surface area contributed by atoms with Gasteiger partial charge in [-0.3, -0.25) is 4.79 Å². The summed E-state index contributed by atoms with van der Waals surface area (Å²) < 4.78 is 15.7. The first-order valence-corrected chi connectivity index (χ1v) is 10.2. The van der Waals surface area contributed by atoms with Crippen molar-refractivity contribution in [2.75, 3.05) is 31.4 Å². The molecule has 1 atom stereocenters. The van der Waals surface area contributed by atoms with Crippen LogP contribution in [0.3, 0.4) is 0 Å². The number of nitrogens with zero attached hydrogens (tertiary/aromatic N) is 1. The maximum atomic E-state index is 12.7. The van der Waals surface area contributed by atoms with Crippen LogP contribution >= 0.6 is 11.8 Å². The first kappa shape index (κ1) is 21.3. The zero-order valence-electron chi connectivity index (χ0n) is 16.8. The van der Waals surface area contributed by atoms with E-state index in [1.165, 1.54) is 0 Å². The average Bonchev–Trinajstić information content (AvgIpc) is 3.09. The number of amides is 1. The summed E-state index contributed by atoms with van der Waals surface area (Å²) in [5, 5.41) is 6.90. The van der Waals surface area contributed by atoms with E-state index in [4.69, 9.17) is 14.0 Å². The van der Waals surface area contributed by atoms with Gasteiger partial charge in [0.15, 0.2) is 5.82 Å². The van der Waals surface area contributed by atoms with E-state index in [-0.39, 0.29) is 17.4 Å². The predicted octanol–water partition coefficient (Wildman–Crippen LogP) is 3.86. The van der Waals surface area contributed by atoms with E-state index in [0.717, 1.165) is 31.8 Å². The smallest absolute Gasteiger partial charge is 0.241 e. The Morgan fingerprint density at radius 2 is 2.04 bits per heavy atom. The average molecular weight is 385 g/mol. The first-order chi connectivity index (χ1) is 12.2. The molecule has 0 aromatic carbocycles. The molecule has 0 unspecified atom stereocenters. The molecule has 1 aliphatic heterocycles. The van der Waals surface area contributed by atoms with Gasteiger partial charge >= 0.3 is 0 Å². The largest absolute Gasteiger partial charge is 0.381 e. The summed E-state index contributed by atoms with van der Waals surface area (Å²) in [7, 11) is 1.67. The summed E-state index contributed by atoms with van der Waals surface area (Å²) in [6.07, 6.45) is 2.11. The van der Waals surface area contributed by atoms with E-state index in [1.807, 2.05) is 34.6 Å². The molecule has 0 spiro atoms. The lowest BCUT2D eigenvalue weighted by atomic mass is 9.84. The van der Waals surface area contributed by atoms with E-state index in [0.29, 0.717) is 17.5 Å². The van der Waals surface area contributed by atoms with Crippen LogP contribution in [-0.2, 0) is 19.7 Å². The molecule has 6 nitrogen and oxygen atoms in total. The van der Waals surface area contributed by atoms with Gasteiger partial charge in [-0.15, -0.1) is 11.8 Å². The van der Waals surface area contributed by atoms with Gasteiger partial charge in [0, 0.05) is 26.4 Å². The third kappa shape index (κ3) is 5.24. The molecule has 0 saturated carbocycles. The van der Waals surface area contributed by atoms with Gasteiger partial charge in [-0.25, -0.2) is 0 Å². The van der Waals surface area contributed by atoms with Gasteiger partial charge in [0.05, 0.1) is 16.3 Å². The molecule has 1 aromatic rings. The van der Waals surface area contributed by atoms with Crippen molar-refractivity contribution in [3.63, 3.8) is 0 Å². The molecule has 26 heavy (non-hydrogen) atoms. The summed E-state index contributed by atoms with van der Waals surface area (Å²) in [6, 6.07) is 1.78. The molecule has 1 saturated heterocycles. The van der Waals surface area contributed by atoms with E-state index in [9.17, 15) is 4.79 Å². The summed E-state index contributed by atoms with van der Waals surface area (Å²) in [5.41, 5.74) is -0.335. The number of aromatic nitrogens is 1. The highest BCUT2D eigenvalue weighted by Gasteiger charge is 2.34. The molecule has 2 rings (SSSR count). The molecular weight excluding hydrogens is 352 g/mol. The number of carbonyl (C=O) groups is 1. The highest BCUT2D eigenvalue weighted by Crippen LogP contribution is 2.33. The lowest BCUT2D eigenvalue weighted by Crippen LogP contribution is -2.35. The number of hydrogen-bond acceptors (Lipinski definition) is 6. The van der Waals surface area contributed by atoms with Gasteiger partial charge < -0.3 is 19.3 Å². The Morgan fingerprint density at radius 3 is 2.65 bits per heavy atom. The number of thioether (sulfide) groups is 1. The molecule has 1 amide bonds.